The zero-order valence-electron chi connectivity index (χ0n) is 16.5. The maximum absolute atomic E-state index is 12.9. The third kappa shape index (κ3) is 5.58. The summed E-state index contributed by atoms with van der Waals surface area (Å²) < 4.78 is 10.8. The van der Waals surface area contributed by atoms with Gasteiger partial charge in [0.15, 0.2) is 0 Å². The van der Waals surface area contributed by atoms with Crippen molar-refractivity contribution in [3.05, 3.63) is 42.5 Å². The predicted octanol–water partition coefficient (Wildman–Crippen LogP) is 2.74. The Hall–Kier alpha value is -2.34. The van der Waals surface area contributed by atoms with E-state index in [0.29, 0.717) is 63.1 Å². The van der Waals surface area contributed by atoms with Crippen LogP contribution in [0.5, 0.6) is 5.75 Å². The van der Waals surface area contributed by atoms with Crippen LogP contribution in [0, 0.1) is 5.92 Å². The summed E-state index contributed by atoms with van der Waals surface area (Å²) in [4.78, 5) is 29.1. The van der Waals surface area contributed by atoms with Gasteiger partial charge in [-0.05, 0) is 43.4 Å². The molecular formula is C22H30N2O4. The number of likely N-dealkylation sites (tertiary alicyclic amines) is 1. The highest BCUT2D eigenvalue weighted by atomic mass is 16.5. The lowest BCUT2D eigenvalue weighted by Gasteiger charge is -2.33. The summed E-state index contributed by atoms with van der Waals surface area (Å²) in [5, 5.41) is 0. The molecule has 6 heteroatoms. The van der Waals surface area contributed by atoms with Crippen LogP contribution in [-0.2, 0) is 9.53 Å². The SMILES string of the molecule is C=CCOc1cccc(C(=O)N2CCC[C@H](CCC(=O)N3CCOCC3)C2)c1. The summed E-state index contributed by atoms with van der Waals surface area (Å²) in [5.41, 5.74) is 0.645. The Labute approximate surface area is 167 Å². The van der Waals surface area contributed by atoms with Gasteiger partial charge in [-0.15, -0.1) is 0 Å². The van der Waals surface area contributed by atoms with Gasteiger partial charge in [-0.25, -0.2) is 0 Å². The Morgan fingerprint density at radius 1 is 1.21 bits per heavy atom. The highest BCUT2D eigenvalue weighted by molar-refractivity contribution is 5.94. The van der Waals surface area contributed by atoms with E-state index in [0.717, 1.165) is 25.8 Å². The molecule has 0 aromatic heterocycles. The van der Waals surface area contributed by atoms with Gasteiger partial charge in [0.25, 0.3) is 5.91 Å². The molecule has 0 saturated carbocycles. The molecule has 152 valence electrons. The number of benzene rings is 1. The maximum atomic E-state index is 12.9. The lowest BCUT2D eigenvalue weighted by Crippen LogP contribution is -2.42. The summed E-state index contributed by atoms with van der Waals surface area (Å²) in [6.45, 7) is 8.19. The summed E-state index contributed by atoms with van der Waals surface area (Å²) in [6, 6.07) is 7.30. The summed E-state index contributed by atoms with van der Waals surface area (Å²) >= 11 is 0. The second-order valence-corrected chi connectivity index (χ2v) is 7.42. The van der Waals surface area contributed by atoms with Crippen LogP contribution >= 0.6 is 0 Å². The van der Waals surface area contributed by atoms with Crippen LogP contribution in [0.2, 0.25) is 0 Å². The van der Waals surface area contributed by atoms with E-state index in [4.69, 9.17) is 9.47 Å². The summed E-state index contributed by atoms with van der Waals surface area (Å²) in [5.74, 6) is 1.30. The average molecular weight is 386 g/mol. The van der Waals surface area contributed by atoms with Crippen molar-refractivity contribution in [2.24, 2.45) is 5.92 Å². The molecule has 2 heterocycles. The van der Waals surface area contributed by atoms with E-state index in [1.54, 1.807) is 12.1 Å². The van der Waals surface area contributed by atoms with E-state index in [9.17, 15) is 9.59 Å². The van der Waals surface area contributed by atoms with Gasteiger partial charge >= 0.3 is 0 Å². The first-order valence-electron chi connectivity index (χ1n) is 10.2. The first kappa shape index (κ1) is 20.4. The molecule has 0 N–H and O–H groups in total. The van der Waals surface area contributed by atoms with Crippen molar-refractivity contribution < 1.29 is 19.1 Å². The topological polar surface area (TPSA) is 59.1 Å². The quantitative estimate of drug-likeness (QED) is 0.676. The van der Waals surface area contributed by atoms with Crippen LogP contribution in [-0.4, -0.2) is 67.6 Å². The van der Waals surface area contributed by atoms with Crippen LogP contribution in [0.15, 0.2) is 36.9 Å². The molecule has 2 saturated heterocycles. The lowest BCUT2D eigenvalue weighted by atomic mass is 9.92. The van der Waals surface area contributed by atoms with Crippen LogP contribution < -0.4 is 4.74 Å². The molecule has 6 nitrogen and oxygen atoms in total. The Morgan fingerprint density at radius 3 is 2.82 bits per heavy atom. The molecule has 2 amide bonds. The monoisotopic (exact) mass is 386 g/mol. The van der Waals surface area contributed by atoms with Crippen molar-refractivity contribution >= 4 is 11.8 Å². The van der Waals surface area contributed by atoms with Crippen molar-refractivity contribution in [3.63, 3.8) is 0 Å². The van der Waals surface area contributed by atoms with Crippen LogP contribution in [0.1, 0.15) is 36.0 Å². The Bertz CT molecular complexity index is 685. The molecule has 0 aliphatic carbocycles. The number of piperidine rings is 1. The molecule has 2 aliphatic rings. The minimum absolute atomic E-state index is 0.0354. The fourth-order valence-electron chi connectivity index (χ4n) is 3.84. The molecule has 0 radical (unpaired) electrons. The zero-order valence-corrected chi connectivity index (χ0v) is 16.5. The van der Waals surface area contributed by atoms with E-state index in [-0.39, 0.29) is 11.8 Å². The highest BCUT2D eigenvalue weighted by Gasteiger charge is 2.26. The number of hydrogen-bond donors (Lipinski definition) is 0. The molecular weight excluding hydrogens is 356 g/mol. The first-order chi connectivity index (χ1) is 13.7. The normalized spacial score (nSPS) is 19.9. The Kier molecular flexibility index (Phi) is 7.48. The molecule has 1 aromatic rings. The van der Waals surface area contributed by atoms with Crippen LogP contribution in [0.25, 0.3) is 0 Å². The Morgan fingerprint density at radius 2 is 2.04 bits per heavy atom. The number of carbonyl (C=O) groups is 2. The van der Waals surface area contributed by atoms with Gasteiger partial charge in [0.2, 0.25) is 5.91 Å². The third-order valence-corrected chi connectivity index (χ3v) is 5.39. The van der Waals surface area contributed by atoms with Gasteiger partial charge in [0, 0.05) is 38.2 Å². The van der Waals surface area contributed by atoms with Gasteiger partial charge in [-0.2, -0.15) is 0 Å². The van der Waals surface area contributed by atoms with Crippen molar-refractivity contribution in [2.45, 2.75) is 25.7 Å². The summed E-state index contributed by atoms with van der Waals surface area (Å²) in [7, 11) is 0. The molecule has 0 bridgehead atoms. The zero-order chi connectivity index (χ0) is 19.8. The largest absolute Gasteiger partial charge is 0.490 e. The smallest absolute Gasteiger partial charge is 0.253 e. The van der Waals surface area contributed by atoms with E-state index >= 15 is 0 Å². The second kappa shape index (κ2) is 10.3. The van der Waals surface area contributed by atoms with Gasteiger partial charge in [0.05, 0.1) is 13.2 Å². The fourth-order valence-corrected chi connectivity index (χ4v) is 3.84. The van der Waals surface area contributed by atoms with E-state index in [2.05, 4.69) is 6.58 Å². The van der Waals surface area contributed by atoms with Crippen molar-refractivity contribution in [1.29, 1.82) is 0 Å². The maximum Gasteiger partial charge on any atom is 0.253 e. The summed E-state index contributed by atoms with van der Waals surface area (Å²) in [6.07, 6.45) is 5.12. The molecule has 2 aliphatic heterocycles. The molecule has 0 spiro atoms. The van der Waals surface area contributed by atoms with Gasteiger partial charge in [-0.3, -0.25) is 9.59 Å². The minimum Gasteiger partial charge on any atom is -0.490 e. The minimum atomic E-state index is 0.0354. The standard InChI is InChI=1S/C22H30N2O4/c1-2-13-28-20-7-3-6-19(16-20)22(26)24-10-4-5-18(17-24)8-9-21(25)23-11-14-27-15-12-23/h2-3,6-7,16,18H,1,4-5,8-15,17H2/t18-/m1/s1. The molecule has 28 heavy (non-hydrogen) atoms. The predicted molar refractivity (Wildman–Crippen MR) is 107 cm³/mol. The number of morpholine rings is 1. The van der Waals surface area contributed by atoms with Gasteiger partial charge < -0.3 is 19.3 Å². The number of carbonyl (C=O) groups excluding carboxylic acids is 2. The number of ether oxygens (including phenoxy) is 2. The fraction of sp³-hybridized carbons (Fsp3) is 0.545. The third-order valence-electron chi connectivity index (χ3n) is 5.39. The number of hydrogen-bond acceptors (Lipinski definition) is 4. The molecule has 0 unspecified atom stereocenters. The van der Waals surface area contributed by atoms with Gasteiger partial charge in [-0.1, -0.05) is 18.7 Å². The average Bonchev–Trinajstić information content (AvgIpc) is 2.76. The highest BCUT2D eigenvalue weighted by Crippen LogP contribution is 2.24. The molecule has 1 aromatic carbocycles. The number of rotatable bonds is 7. The van der Waals surface area contributed by atoms with Gasteiger partial charge in [0.1, 0.15) is 12.4 Å². The van der Waals surface area contributed by atoms with E-state index in [1.807, 2.05) is 28.0 Å². The van der Waals surface area contributed by atoms with E-state index < -0.39 is 0 Å². The lowest BCUT2D eigenvalue weighted by molar-refractivity contribution is -0.135. The van der Waals surface area contributed by atoms with Crippen molar-refractivity contribution in [2.75, 3.05) is 46.0 Å². The van der Waals surface area contributed by atoms with E-state index in [1.165, 1.54) is 0 Å². The van der Waals surface area contributed by atoms with Crippen molar-refractivity contribution in [1.82, 2.24) is 9.80 Å². The molecule has 3 rings (SSSR count). The van der Waals surface area contributed by atoms with Crippen LogP contribution in [0.3, 0.4) is 0 Å². The second-order valence-electron chi connectivity index (χ2n) is 7.42. The molecule has 2 fully saturated rings. The number of nitrogens with zero attached hydrogens (tertiary/aromatic N) is 2. The Balaban J connectivity index is 1.51. The van der Waals surface area contributed by atoms with Crippen LogP contribution in [0.4, 0.5) is 0 Å². The number of amides is 2. The first-order valence-corrected chi connectivity index (χ1v) is 10.2. The van der Waals surface area contributed by atoms with Crippen molar-refractivity contribution in [3.8, 4) is 5.75 Å². The molecule has 1 atom stereocenters.